The number of sulfonamides is 1. The Morgan fingerprint density at radius 1 is 1.33 bits per heavy atom. The van der Waals surface area contributed by atoms with E-state index in [1.165, 1.54) is 32.2 Å². The minimum absolute atomic E-state index is 0.0933. The molecule has 0 saturated heterocycles. The number of ether oxygens (including phenoxy) is 1. The van der Waals surface area contributed by atoms with Crippen molar-refractivity contribution in [3.8, 4) is 5.75 Å². The first-order chi connectivity index (χ1) is 9.76. The summed E-state index contributed by atoms with van der Waals surface area (Å²) in [6.07, 6.45) is 0.758. The molecule has 1 amide bonds. The highest BCUT2D eigenvalue weighted by Gasteiger charge is 2.16. The molecule has 2 N–H and O–H groups in total. The molecular weight excluding hydrogens is 292 g/mol. The highest BCUT2D eigenvalue weighted by molar-refractivity contribution is 7.89. The van der Waals surface area contributed by atoms with Crippen LogP contribution in [0.15, 0.2) is 23.1 Å². The topological polar surface area (TPSA) is 84.5 Å². The fourth-order valence-corrected chi connectivity index (χ4v) is 2.78. The third-order valence-corrected chi connectivity index (χ3v) is 4.26. The summed E-state index contributed by atoms with van der Waals surface area (Å²) in [6, 6.07) is 4.35. The summed E-state index contributed by atoms with van der Waals surface area (Å²) >= 11 is 0. The van der Waals surface area contributed by atoms with Crippen molar-refractivity contribution >= 4 is 21.6 Å². The SMILES string of the molecule is COc1ccc(S(=O)(=O)NCCC(C)C)cc1NC(C)=O. The predicted molar refractivity (Wildman–Crippen MR) is 81.9 cm³/mol. The van der Waals surface area contributed by atoms with E-state index in [9.17, 15) is 13.2 Å². The first-order valence-corrected chi connectivity index (χ1v) is 8.20. The van der Waals surface area contributed by atoms with Crippen LogP contribution in [0.2, 0.25) is 0 Å². The lowest BCUT2D eigenvalue weighted by molar-refractivity contribution is -0.114. The molecule has 0 saturated carbocycles. The number of hydrogen-bond acceptors (Lipinski definition) is 4. The fraction of sp³-hybridized carbons (Fsp3) is 0.500. The Hall–Kier alpha value is -1.60. The van der Waals surface area contributed by atoms with Crippen LogP contribution in [0.1, 0.15) is 27.2 Å². The highest BCUT2D eigenvalue weighted by Crippen LogP contribution is 2.27. The molecule has 0 aliphatic carbocycles. The summed E-state index contributed by atoms with van der Waals surface area (Å²) < 4.78 is 32.0. The normalized spacial score (nSPS) is 11.5. The van der Waals surface area contributed by atoms with Gasteiger partial charge in [0, 0.05) is 13.5 Å². The van der Waals surface area contributed by atoms with Gasteiger partial charge in [-0.05, 0) is 30.5 Å². The number of carbonyl (C=O) groups excluding carboxylic acids is 1. The lowest BCUT2D eigenvalue weighted by Gasteiger charge is -2.12. The van der Waals surface area contributed by atoms with Crippen molar-refractivity contribution in [1.29, 1.82) is 0 Å². The molecule has 0 radical (unpaired) electrons. The minimum atomic E-state index is -3.60. The van der Waals surface area contributed by atoms with Crippen LogP contribution in [0, 0.1) is 5.92 Å². The summed E-state index contributed by atoms with van der Waals surface area (Å²) in [5.41, 5.74) is 0.330. The van der Waals surface area contributed by atoms with Gasteiger partial charge in [-0.15, -0.1) is 0 Å². The van der Waals surface area contributed by atoms with Crippen molar-refractivity contribution in [2.24, 2.45) is 5.92 Å². The first-order valence-electron chi connectivity index (χ1n) is 6.71. The van der Waals surface area contributed by atoms with Crippen LogP contribution in [-0.2, 0) is 14.8 Å². The molecule has 0 unspecified atom stereocenters. The van der Waals surface area contributed by atoms with E-state index < -0.39 is 10.0 Å². The Balaban J connectivity index is 2.98. The van der Waals surface area contributed by atoms with Crippen LogP contribution in [0.25, 0.3) is 0 Å². The van der Waals surface area contributed by atoms with E-state index in [0.717, 1.165) is 6.42 Å². The van der Waals surface area contributed by atoms with Crippen LogP contribution >= 0.6 is 0 Å². The summed E-state index contributed by atoms with van der Waals surface area (Å²) in [4.78, 5) is 11.3. The van der Waals surface area contributed by atoms with Gasteiger partial charge in [-0.1, -0.05) is 13.8 Å². The van der Waals surface area contributed by atoms with Gasteiger partial charge in [-0.2, -0.15) is 0 Å². The molecular formula is C14H22N2O4S. The number of anilines is 1. The maximum absolute atomic E-state index is 12.2. The smallest absolute Gasteiger partial charge is 0.240 e. The summed E-state index contributed by atoms with van der Waals surface area (Å²) in [6.45, 7) is 5.77. The molecule has 1 aromatic carbocycles. The van der Waals surface area contributed by atoms with E-state index in [0.29, 0.717) is 23.9 Å². The summed E-state index contributed by atoms with van der Waals surface area (Å²) in [7, 11) is -2.14. The fourth-order valence-electron chi connectivity index (χ4n) is 1.71. The second-order valence-corrected chi connectivity index (χ2v) is 6.89. The number of hydrogen-bond donors (Lipinski definition) is 2. The highest BCUT2D eigenvalue weighted by atomic mass is 32.2. The van der Waals surface area contributed by atoms with Crippen molar-refractivity contribution in [3.05, 3.63) is 18.2 Å². The Morgan fingerprint density at radius 2 is 2.00 bits per heavy atom. The van der Waals surface area contributed by atoms with E-state index >= 15 is 0 Å². The zero-order valence-corrected chi connectivity index (χ0v) is 13.6. The lowest BCUT2D eigenvalue weighted by atomic mass is 10.1. The van der Waals surface area contributed by atoms with Gasteiger partial charge < -0.3 is 10.1 Å². The largest absolute Gasteiger partial charge is 0.495 e. The maximum Gasteiger partial charge on any atom is 0.240 e. The minimum Gasteiger partial charge on any atom is -0.495 e. The van der Waals surface area contributed by atoms with Crippen LogP contribution in [0.5, 0.6) is 5.75 Å². The maximum atomic E-state index is 12.2. The molecule has 0 fully saturated rings. The third kappa shape index (κ3) is 5.35. The summed E-state index contributed by atoms with van der Waals surface area (Å²) in [5, 5.41) is 2.55. The van der Waals surface area contributed by atoms with E-state index in [2.05, 4.69) is 10.0 Å². The third-order valence-electron chi connectivity index (χ3n) is 2.81. The van der Waals surface area contributed by atoms with E-state index in [-0.39, 0.29) is 10.8 Å². The number of carbonyl (C=O) groups is 1. The predicted octanol–water partition coefficient (Wildman–Crippen LogP) is 1.98. The molecule has 0 atom stereocenters. The number of nitrogens with one attached hydrogen (secondary N) is 2. The molecule has 21 heavy (non-hydrogen) atoms. The monoisotopic (exact) mass is 314 g/mol. The van der Waals surface area contributed by atoms with Crippen molar-refractivity contribution in [1.82, 2.24) is 4.72 Å². The second kappa shape index (κ2) is 7.42. The molecule has 7 heteroatoms. The average Bonchev–Trinajstić information content (AvgIpc) is 2.37. The Kier molecular flexibility index (Phi) is 6.17. The quantitative estimate of drug-likeness (QED) is 0.806. The molecule has 0 spiro atoms. The molecule has 0 aliphatic rings. The van der Waals surface area contributed by atoms with Gasteiger partial charge in [-0.25, -0.2) is 13.1 Å². The Bertz CT molecular complexity index is 597. The molecule has 6 nitrogen and oxygen atoms in total. The summed E-state index contributed by atoms with van der Waals surface area (Å²) in [5.74, 6) is 0.528. The van der Waals surface area contributed by atoms with Crippen molar-refractivity contribution in [2.45, 2.75) is 32.1 Å². The van der Waals surface area contributed by atoms with Gasteiger partial charge >= 0.3 is 0 Å². The van der Waals surface area contributed by atoms with Gasteiger partial charge in [-0.3, -0.25) is 4.79 Å². The zero-order valence-electron chi connectivity index (χ0n) is 12.8. The Morgan fingerprint density at radius 3 is 2.52 bits per heavy atom. The van der Waals surface area contributed by atoms with Gasteiger partial charge in [0.2, 0.25) is 15.9 Å². The molecule has 1 rings (SSSR count). The number of methoxy groups -OCH3 is 1. The van der Waals surface area contributed by atoms with Crippen molar-refractivity contribution in [2.75, 3.05) is 19.0 Å². The van der Waals surface area contributed by atoms with Crippen LogP contribution in [0.4, 0.5) is 5.69 Å². The molecule has 118 valence electrons. The Labute approximate surface area is 125 Å². The van der Waals surface area contributed by atoms with Gasteiger partial charge in [0.15, 0.2) is 0 Å². The first kappa shape index (κ1) is 17.5. The van der Waals surface area contributed by atoms with Gasteiger partial charge in [0.05, 0.1) is 17.7 Å². The average molecular weight is 314 g/mol. The number of benzene rings is 1. The second-order valence-electron chi connectivity index (χ2n) is 5.12. The number of amides is 1. The molecule has 0 heterocycles. The van der Waals surface area contributed by atoms with E-state index in [1.807, 2.05) is 13.8 Å². The number of rotatable bonds is 7. The molecule has 0 aliphatic heterocycles. The standard InChI is InChI=1S/C14H22N2O4S/c1-10(2)7-8-15-21(18,19)12-5-6-14(20-4)13(9-12)16-11(3)17/h5-6,9-10,15H,7-8H2,1-4H3,(H,16,17). The molecule has 0 bridgehead atoms. The van der Waals surface area contributed by atoms with Gasteiger partial charge in [0.25, 0.3) is 0 Å². The van der Waals surface area contributed by atoms with Crippen molar-refractivity contribution in [3.63, 3.8) is 0 Å². The van der Waals surface area contributed by atoms with E-state index in [1.54, 1.807) is 0 Å². The van der Waals surface area contributed by atoms with Gasteiger partial charge in [0.1, 0.15) is 5.75 Å². The van der Waals surface area contributed by atoms with E-state index in [4.69, 9.17) is 4.74 Å². The zero-order chi connectivity index (χ0) is 16.0. The molecule has 1 aromatic rings. The lowest BCUT2D eigenvalue weighted by Crippen LogP contribution is -2.25. The van der Waals surface area contributed by atoms with Crippen molar-refractivity contribution < 1.29 is 17.9 Å². The van der Waals surface area contributed by atoms with Crippen LogP contribution in [-0.4, -0.2) is 28.0 Å². The van der Waals surface area contributed by atoms with Crippen LogP contribution < -0.4 is 14.8 Å². The molecule has 0 aromatic heterocycles. The van der Waals surface area contributed by atoms with Crippen LogP contribution in [0.3, 0.4) is 0 Å².